The van der Waals surface area contributed by atoms with Crippen molar-refractivity contribution in [2.75, 3.05) is 13.6 Å². The third kappa shape index (κ3) is 3.47. The van der Waals surface area contributed by atoms with Crippen LogP contribution in [0.4, 0.5) is 4.39 Å². The van der Waals surface area contributed by atoms with Crippen LogP contribution in [0.3, 0.4) is 0 Å². The second kappa shape index (κ2) is 6.58. The molecule has 1 aliphatic carbocycles. The molecular formula is C17H17FN2O2S. The number of carbonyl (C=O) groups excluding carboxylic acids is 2. The molecule has 1 heterocycles. The monoisotopic (exact) mass is 332 g/mol. The summed E-state index contributed by atoms with van der Waals surface area (Å²) in [6, 6.07) is 5.49. The first-order chi connectivity index (χ1) is 11.0. The van der Waals surface area contributed by atoms with E-state index in [0.29, 0.717) is 18.5 Å². The topological polar surface area (TPSA) is 49.4 Å². The van der Waals surface area contributed by atoms with Crippen LogP contribution in [0.1, 0.15) is 23.2 Å². The minimum Gasteiger partial charge on any atom is -0.362 e. The number of benzene rings is 1. The number of likely N-dealkylation sites (N-methyl/N-ethyl adjacent to an activating group) is 1. The van der Waals surface area contributed by atoms with Gasteiger partial charge in [0.05, 0.1) is 5.37 Å². The van der Waals surface area contributed by atoms with Crippen LogP contribution < -0.4 is 5.32 Å². The Morgan fingerprint density at radius 2 is 2.13 bits per heavy atom. The number of allylic oxidation sites excluding steroid dienone is 2. The minimum atomic E-state index is -0.357. The van der Waals surface area contributed by atoms with Crippen molar-refractivity contribution in [1.82, 2.24) is 10.2 Å². The number of nitrogens with zero attached hydrogens (tertiary/aromatic N) is 1. The zero-order valence-electron chi connectivity index (χ0n) is 12.7. The molecule has 1 amide bonds. The van der Waals surface area contributed by atoms with Gasteiger partial charge in [-0.2, -0.15) is 0 Å². The van der Waals surface area contributed by atoms with Gasteiger partial charge in [-0.05, 0) is 36.8 Å². The molecule has 1 aromatic rings. The van der Waals surface area contributed by atoms with Crippen molar-refractivity contribution in [2.24, 2.45) is 0 Å². The molecule has 0 saturated carbocycles. The van der Waals surface area contributed by atoms with Crippen molar-refractivity contribution < 1.29 is 14.0 Å². The van der Waals surface area contributed by atoms with E-state index < -0.39 is 0 Å². The Morgan fingerprint density at radius 3 is 2.87 bits per heavy atom. The third-order valence-electron chi connectivity index (χ3n) is 3.90. The average molecular weight is 332 g/mol. The first kappa shape index (κ1) is 15.8. The second-order valence-electron chi connectivity index (χ2n) is 5.50. The van der Waals surface area contributed by atoms with Gasteiger partial charge in [-0.3, -0.25) is 9.59 Å². The lowest BCUT2D eigenvalue weighted by Gasteiger charge is -2.21. The molecule has 0 aromatic heterocycles. The number of thioether (sulfide) groups is 1. The average Bonchev–Trinajstić information content (AvgIpc) is 2.83. The molecule has 120 valence electrons. The van der Waals surface area contributed by atoms with Crippen LogP contribution in [-0.2, 0) is 4.79 Å². The summed E-state index contributed by atoms with van der Waals surface area (Å²) in [5.74, 6) is -0.430. The van der Waals surface area contributed by atoms with E-state index in [-0.39, 0.29) is 22.9 Å². The van der Waals surface area contributed by atoms with Crippen LogP contribution in [0.25, 0.3) is 0 Å². The van der Waals surface area contributed by atoms with Gasteiger partial charge in [0.25, 0.3) is 5.91 Å². The lowest BCUT2D eigenvalue weighted by molar-refractivity contribution is -0.114. The number of amides is 1. The van der Waals surface area contributed by atoms with Crippen molar-refractivity contribution in [1.29, 1.82) is 0 Å². The van der Waals surface area contributed by atoms with E-state index in [0.717, 1.165) is 17.0 Å². The van der Waals surface area contributed by atoms with Gasteiger partial charge >= 0.3 is 0 Å². The van der Waals surface area contributed by atoms with Crippen molar-refractivity contribution in [3.8, 4) is 0 Å². The van der Waals surface area contributed by atoms with Crippen molar-refractivity contribution in [3.63, 3.8) is 0 Å². The first-order valence-electron chi connectivity index (χ1n) is 7.43. The highest BCUT2D eigenvalue weighted by Gasteiger charge is 2.31. The molecule has 1 unspecified atom stereocenters. The van der Waals surface area contributed by atoms with Gasteiger partial charge in [0, 0.05) is 36.2 Å². The summed E-state index contributed by atoms with van der Waals surface area (Å²) >= 11 is 1.65. The summed E-state index contributed by atoms with van der Waals surface area (Å²) in [6.45, 7) is 0.521. The van der Waals surface area contributed by atoms with Gasteiger partial charge in [0.2, 0.25) is 0 Å². The van der Waals surface area contributed by atoms with E-state index in [1.54, 1.807) is 17.8 Å². The van der Waals surface area contributed by atoms with Gasteiger partial charge in [0.15, 0.2) is 5.78 Å². The number of fused-ring (bicyclic) bond motifs is 1. The second-order valence-corrected chi connectivity index (χ2v) is 6.72. The molecule has 0 spiro atoms. The van der Waals surface area contributed by atoms with E-state index in [2.05, 4.69) is 10.2 Å². The van der Waals surface area contributed by atoms with E-state index in [4.69, 9.17) is 0 Å². The molecule has 2 aliphatic rings. The smallest absolute Gasteiger partial charge is 0.251 e. The number of hydrogen-bond donors (Lipinski definition) is 1. The van der Waals surface area contributed by atoms with E-state index in [9.17, 15) is 14.0 Å². The predicted molar refractivity (Wildman–Crippen MR) is 88.3 cm³/mol. The molecule has 1 atom stereocenters. The number of nitrogens with one attached hydrogen (secondary N) is 1. The van der Waals surface area contributed by atoms with E-state index >= 15 is 0 Å². The number of halogens is 1. The van der Waals surface area contributed by atoms with E-state index in [1.165, 1.54) is 24.3 Å². The van der Waals surface area contributed by atoms with Crippen LogP contribution in [0, 0.1) is 5.82 Å². The predicted octanol–water partition coefficient (Wildman–Crippen LogP) is 2.69. The fraction of sp³-hybridized carbons (Fsp3) is 0.294. The number of carbonyl (C=O) groups is 2. The van der Waals surface area contributed by atoms with Crippen molar-refractivity contribution in [2.45, 2.75) is 18.2 Å². The fourth-order valence-corrected chi connectivity index (χ4v) is 3.98. The number of hydrogen-bond acceptors (Lipinski definition) is 4. The Bertz CT molecular complexity index is 697. The molecule has 1 N–H and O–H groups in total. The Balaban J connectivity index is 1.53. The molecular weight excluding hydrogens is 315 g/mol. The van der Waals surface area contributed by atoms with Crippen molar-refractivity contribution in [3.05, 3.63) is 58.4 Å². The first-order valence-corrected chi connectivity index (χ1v) is 8.31. The summed E-state index contributed by atoms with van der Waals surface area (Å²) in [5.41, 5.74) is 1.55. The molecule has 3 rings (SSSR count). The fourth-order valence-electron chi connectivity index (χ4n) is 2.63. The summed E-state index contributed by atoms with van der Waals surface area (Å²) in [4.78, 5) is 26.6. The standard InChI is InChI=1S/C17H17FN2O2S/c1-20-14-7-6-13(21)10-15(14)23-16(20)8-9-19-17(22)11-2-4-12(18)5-3-11/h2-5,7,10,16H,6,8-9H2,1H3,(H,19,22). The highest BCUT2D eigenvalue weighted by Crippen LogP contribution is 2.43. The summed E-state index contributed by atoms with van der Waals surface area (Å²) in [6.07, 6.45) is 4.88. The zero-order chi connectivity index (χ0) is 16.4. The molecule has 23 heavy (non-hydrogen) atoms. The highest BCUT2D eigenvalue weighted by molar-refractivity contribution is 8.04. The van der Waals surface area contributed by atoms with Crippen LogP contribution in [-0.4, -0.2) is 35.6 Å². The van der Waals surface area contributed by atoms with Crippen LogP contribution in [0.15, 0.2) is 47.0 Å². The van der Waals surface area contributed by atoms with Gasteiger partial charge in [-0.1, -0.05) is 17.8 Å². The molecule has 1 saturated heterocycles. The minimum absolute atomic E-state index is 0.134. The largest absolute Gasteiger partial charge is 0.362 e. The summed E-state index contributed by atoms with van der Waals surface area (Å²) in [7, 11) is 2.00. The molecule has 6 heteroatoms. The number of rotatable bonds is 4. The van der Waals surface area contributed by atoms with E-state index in [1.807, 2.05) is 13.1 Å². The number of ketones is 1. The van der Waals surface area contributed by atoms with Gasteiger partial charge in [-0.25, -0.2) is 4.39 Å². The normalized spacial score (nSPS) is 20.0. The van der Waals surface area contributed by atoms with Crippen LogP contribution in [0.5, 0.6) is 0 Å². The zero-order valence-corrected chi connectivity index (χ0v) is 13.5. The lowest BCUT2D eigenvalue weighted by atomic mass is 10.1. The van der Waals surface area contributed by atoms with Crippen molar-refractivity contribution >= 4 is 23.5 Å². The lowest BCUT2D eigenvalue weighted by Crippen LogP contribution is -2.30. The highest BCUT2D eigenvalue weighted by atomic mass is 32.2. The Hall–Kier alpha value is -2.08. The molecule has 1 aliphatic heterocycles. The Morgan fingerprint density at radius 1 is 1.39 bits per heavy atom. The van der Waals surface area contributed by atoms with Crippen LogP contribution >= 0.6 is 11.8 Å². The quantitative estimate of drug-likeness (QED) is 0.921. The summed E-state index contributed by atoms with van der Waals surface area (Å²) < 4.78 is 12.8. The molecule has 0 radical (unpaired) electrons. The Kier molecular flexibility index (Phi) is 4.52. The maximum atomic E-state index is 12.8. The Labute approximate surface area is 138 Å². The SMILES string of the molecule is CN1C2=CCC(=O)C=C2SC1CCNC(=O)c1ccc(F)cc1. The third-order valence-corrected chi connectivity index (χ3v) is 5.30. The molecule has 1 fully saturated rings. The van der Waals surface area contributed by atoms with Gasteiger partial charge in [-0.15, -0.1) is 0 Å². The van der Waals surface area contributed by atoms with Crippen LogP contribution in [0.2, 0.25) is 0 Å². The summed E-state index contributed by atoms with van der Waals surface area (Å²) in [5, 5.41) is 3.05. The maximum absolute atomic E-state index is 12.8. The van der Waals surface area contributed by atoms with Gasteiger partial charge < -0.3 is 10.2 Å². The molecule has 0 bridgehead atoms. The maximum Gasteiger partial charge on any atom is 0.251 e. The molecule has 1 aromatic carbocycles. The van der Waals surface area contributed by atoms with Gasteiger partial charge in [0.1, 0.15) is 5.82 Å². The molecule has 4 nitrogen and oxygen atoms in total.